The van der Waals surface area contributed by atoms with Crippen molar-refractivity contribution in [3.63, 3.8) is 0 Å². The van der Waals surface area contributed by atoms with Crippen LogP contribution in [-0.2, 0) is 15.8 Å². The van der Waals surface area contributed by atoms with Gasteiger partial charge in [0.05, 0.1) is 18.9 Å². The number of ether oxygens (including phenoxy) is 1. The van der Waals surface area contributed by atoms with Gasteiger partial charge < -0.3 is 10.1 Å². The number of nitrogens with one attached hydrogen (secondary N) is 1. The number of sulfonamides is 1. The first-order valence-corrected chi connectivity index (χ1v) is 11.6. The molecule has 1 heterocycles. The van der Waals surface area contributed by atoms with E-state index in [1.54, 1.807) is 35.7 Å². The van der Waals surface area contributed by atoms with Gasteiger partial charge in [0.1, 0.15) is 5.75 Å². The molecule has 0 bridgehead atoms. The van der Waals surface area contributed by atoms with E-state index in [1.165, 1.54) is 0 Å². The normalized spacial score (nSPS) is 15.8. The second kappa shape index (κ2) is 9.41. The van der Waals surface area contributed by atoms with Crippen molar-refractivity contribution in [1.82, 2.24) is 9.62 Å². The Bertz CT molecular complexity index is 918. The molecule has 2 aromatic carbocycles. The number of amides is 1. The fourth-order valence-electron chi connectivity index (χ4n) is 3.52. The van der Waals surface area contributed by atoms with Gasteiger partial charge in [0.25, 0.3) is 5.91 Å². The Kier molecular flexibility index (Phi) is 6.92. The molecule has 3 rings (SSSR count). The van der Waals surface area contributed by atoms with Crippen molar-refractivity contribution >= 4 is 15.9 Å². The number of carbonyl (C=O) groups excluding carboxylic acids is 1. The monoisotopic (exact) mass is 416 g/mol. The van der Waals surface area contributed by atoms with Gasteiger partial charge >= 0.3 is 0 Å². The molecule has 156 valence electrons. The van der Waals surface area contributed by atoms with E-state index < -0.39 is 10.0 Å². The molecule has 1 fully saturated rings. The molecule has 6 nitrogen and oxygen atoms in total. The van der Waals surface area contributed by atoms with Gasteiger partial charge in [-0.15, -0.1) is 0 Å². The first kappa shape index (κ1) is 21.3. The van der Waals surface area contributed by atoms with E-state index in [0.717, 1.165) is 30.6 Å². The van der Waals surface area contributed by atoms with E-state index in [9.17, 15) is 13.2 Å². The first-order chi connectivity index (χ1) is 13.9. The smallest absolute Gasteiger partial charge is 0.251 e. The highest BCUT2D eigenvalue weighted by molar-refractivity contribution is 7.88. The number of methoxy groups -OCH3 is 1. The maximum Gasteiger partial charge on any atom is 0.251 e. The van der Waals surface area contributed by atoms with Crippen LogP contribution in [0.4, 0.5) is 0 Å². The standard InChI is InChI=1S/C22H28N2O4S/c1-3-21(18-10-12-20(28-2)13-11-18)23-22(25)19-8-6-17(7-9-19)16-29(26,27)24-14-4-5-15-24/h6-13,21H,3-5,14-16H2,1-2H3,(H,23,25)/t21-/m0/s1. The van der Waals surface area contributed by atoms with Crippen LogP contribution < -0.4 is 10.1 Å². The number of hydrogen-bond donors (Lipinski definition) is 1. The van der Waals surface area contributed by atoms with Crippen molar-refractivity contribution in [3.05, 3.63) is 65.2 Å². The van der Waals surface area contributed by atoms with Gasteiger partial charge in [-0.05, 0) is 54.7 Å². The van der Waals surface area contributed by atoms with Gasteiger partial charge in [-0.1, -0.05) is 31.2 Å². The van der Waals surface area contributed by atoms with Gasteiger partial charge in [0.15, 0.2) is 0 Å². The Labute approximate surface area is 172 Å². The highest BCUT2D eigenvalue weighted by Gasteiger charge is 2.25. The van der Waals surface area contributed by atoms with Crippen molar-refractivity contribution in [2.45, 2.75) is 38.0 Å². The van der Waals surface area contributed by atoms with Gasteiger partial charge in [0, 0.05) is 18.7 Å². The minimum atomic E-state index is -3.29. The highest BCUT2D eigenvalue weighted by atomic mass is 32.2. The van der Waals surface area contributed by atoms with Crippen molar-refractivity contribution in [2.75, 3.05) is 20.2 Å². The van der Waals surface area contributed by atoms with E-state index in [1.807, 2.05) is 31.2 Å². The van der Waals surface area contributed by atoms with E-state index in [-0.39, 0.29) is 17.7 Å². The molecule has 1 aliphatic rings. The van der Waals surface area contributed by atoms with E-state index in [2.05, 4.69) is 5.32 Å². The Balaban J connectivity index is 1.64. The molecule has 0 unspecified atom stereocenters. The third-order valence-corrected chi connectivity index (χ3v) is 7.11. The molecule has 0 radical (unpaired) electrons. The molecular formula is C22H28N2O4S. The summed E-state index contributed by atoms with van der Waals surface area (Å²) in [6.07, 6.45) is 2.60. The fourth-order valence-corrected chi connectivity index (χ4v) is 5.13. The fraction of sp³-hybridized carbons (Fsp3) is 0.409. The molecule has 1 amide bonds. The lowest BCUT2D eigenvalue weighted by Crippen LogP contribution is -2.29. The third-order valence-electron chi connectivity index (χ3n) is 5.26. The average Bonchev–Trinajstić information content (AvgIpc) is 3.28. The number of rotatable bonds is 8. The maximum absolute atomic E-state index is 12.7. The van der Waals surface area contributed by atoms with Crippen LogP contribution in [0, 0.1) is 0 Å². The van der Waals surface area contributed by atoms with E-state index in [0.29, 0.717) is 24.2 Å². The molecule has 0 aromatic heterocycles. The lowest BCUT2D eigenvalue weighted by Gasteiger charge is -2.18. The SMILES string of the molecule is CC[C@H](NC(=O)c1ccc(CS(=O)(=O)N2CCCC2)cc1)c1ccc(OC)cc1. The molecule has 1 saturated heterocycles. The maximum atomic E-state index is 12.7. The number of nitrogens with zero attached hydrogens (tertiary/aromatic N) is 1. The Hall–Kier alpha value is -2.38. The predicted octanol–water partition coefficient (Wildman–Crippen LogP) is 3.50. The summed E-state index contributed by atoms with van der Waals surface area (Å²) in [5.74, 6) is 0.564. The summed E-state index contributed by atoms with van der Waals surface area (Å²) in [6.45, 7) is 3.22. The summed E-state index contributed by atoms with van der Waals surface area (Å²) in [4.78, 5) is 12.7. The summed E-state index contributed by atoms with van der Waals surface area (Å²) in [5.41, 5.74) is 2.21. The highest BCUT2D eigenvalue weighted by Crippen LogP contribution is 2.21. The molecule has 7 heteroatoms. The zero-order valence-electron chi connectivity index (χ0n) is 16.9. The Morgan fingerprint density at radius 1 is 1.07 bits per heavy atom. The number of carbonyl (C=O) groups is 1. The van der Waals surface area contributed by atoms with Crippen LogP contribution in [0.2, 0.25) is 0 Å². The summed E-state index contributed by atoms with van der Waals surface area (Å²) < 4.78 is 31.6. The van der Waals surface area contributed by atoms with Crippen LogP contribution in [-0.4, -0.2) is 38.8 Å². The molecule has 0 saturated carbocycles. The second-order valence-corrected chi connectivity index (χ2v) is 9.24. The first-order valence-electron chi connectivity index (χ1n) is 9.94. The van der Waals surface area contributed by atoms with Crippen LogP contribution >= 0.6 is 0 Å². The Morgan fingerprint density at radius 3 is 2.24 bits per heavy atom. The molecule has 0 aliphatic carbocycles. The van der Waals surface area contributed by atoms with Crippen molar-refractivity contribution < 1.29 is 17.9 Å². The predicted molar refractivity (Wildman–Crippen MR) is 113 cm³/mol. The van der Waals surface area contributed by atoms with Crippen molar-refractivity contribution in [3.8, 4) is 5.75 Å². The van der Waals surface area contributed by atoms with Crippen LogP contribution in [0.5, 0.6) is 5.75 Å². The third kappa shape index (κ3) is 5.36. The van der Waals surface area contributed by atoms with Crippen LogP contribution in [0.15, 0.2) is 48.5 Å². The largest absolute Gasteiger partial charge is 0.497 e. The Morgan fingerprint density at radius 2 is 1.69 bits per heavy atom. The quantitative estimate of drug-likeness (QED) is 0.715. The minimum absolute atomic E-state index is 0.0294. The molecule has 29 heavy (non-hydrogen) atoms. The number of hydrogen-bond acceptors (Lipinski definition) is 4. The lowest BCUT2D eigenvalue weighted by molar-refractivity contribution is 0.0935. The zero-order valence-corrected chi connectivity index (χ0v) is 17.7. The molecule has 1 aliphatic heterocycles. The minimum Gasteiger partial charge on any atom is -0.497 e. The van der Waals surface area contributed by atoms with Crippen molar-refractivity contribution in [2.24, 2.45) is 0 Å². The molecular weight excluding hydrogens is 388 g/mol. The topological polar surface area (TPSA) is 75.7 Å². The summed E-state index contributed by atoms with van der Waals surface area (Å²) in [6, 6.07) is 14.3. The van der Waals surface area contributed by atoms with Gasteiger partial charge in [0.2, 0.25) is 10.0 Å². The van der Waals surface area contributed by atoms with Crippen LogP contribution in [0.1, 0.15) is 53.7 Å². The van der Waals surface area contributed by atoms with E-state index >= 15 is 0 Å². The molecule has 2 aromatic rings. The average molecular weight is 417 g/mol. The van der Waals surface area contributed by atoms with Crippen molar-refractivity contribution in [1.29, 1.82) is 0 Å². The summed E-state index contributed by atoms with van der Waals surface area (Å²) in [7, 11) is -1.67. The molecule has 1 N–H and O–H groups in total. The van der Waals surface area contributed by atoms with Crippen LogP contribution in [0.3, 0.4) is 0 Å². The van der Waals surface area contributed by atoms with E-state index in [4.69, 9.17) is 4.74 Å². The zero-order chi connectivity index (χ0) is 20.9. The van der Waals surface area contributed by atoms with Gasteiger partial charge in [-0.2, -0.15) is 0 Å². The molecule has 1 atom stereocenters. The lowest BCUT2D eigenvalue weighted by atomic mass is 10.0. The summed E-state index contributed by atoms with van der Waals surface area (Å²) >= 11 is 0. The molecule has 0 spiro atoms. The van der Waals surface area contributed by atoms with Gasteiger partial charge in [-0.25, -0.2) is 12.7 Å². The van der Waals surface area contributed by atoms with Gasteiger partial charge in [-0.3, -0.25) is 4.79 Å². The summed E-state index contributed by atoms with van der Waals surface area (Å²) in [5, 5.41) is 3.04. The van der Waals surface area contributed by atoms with Crippen LogP contribution in [0.25, 0.3) is 0 Å². The number of benzene rings is 2. The second-order valence-electron chi connectivity index (χ2n) is 7.27.